The van der Waals surface area contributed by atoms with E-state index in [1.165, 1.54) is 11.3 Å². The van der Waals surface area contributed by atoms with E-state index in [2.05, 4.69) is 30.0 Å². The maximum Gasteiger partial charge on any atom is 0.513 e. The maximum absolute atomic E-state index is 11.7. The van der Waals surface area contributed by atoms with Gasteiger partial charge in [-0.15, -0.1) is 0 Å². The highest BCUT2D eigenvalue weighted by atomic mass is 16.7. The molecule has 4 nitrogen and oxygen atoms in total. The van der Waals surface area contributed by atoms with Gasteiger partial charge in [0.05, 0.1) is 6.54 Å². The highest BCUT2D eigenvalue weighted by molar-refractivity contribution is 5.64. The van der Waals surface area contributed by atoms with Crippen molar-refractivity contribution in [3.05, 3.63) is 60.2 Å². The summed E-state index contributed by atoms with van der Waals surface area (Å²) in [5.74, 6) is 0.493. The minimum absolute atomic E-state index is 0.310. The predicted octanol–water partition coefficient (Wildman–Crippen LogP) is 3.65. The summed E-state index contributed by atoms with van der Waals surface area (Å²) >= 11 is 0. The van der Waals surface area contributed by atoms with Crippen molar-refractivity contribution in [2.24, 2.45) is 0 Å². The Morgan fingerprint density at radius 3 is 2.68 bits per heavy atom. The molecule has 0 aromatic heterocycles. The van der Waals surface area contributed by atoms with Crippen molar-refractivity contribution in [3.63, 3.8) is 0 Å². The SMILES string of the molecule is CC1Cc2ccccc2N1CCOC(=O)Oc1ccccc1. The molecule has 0 aliphatic carbocycles. The van der Waals surface area contributed by atoms with Gasteiger partial charge in [0.25, 0.3) is 0 Å². The van der Waals surface area contributed by atoms with Crippen LogP contribution in [0.4, 0.5) is 10.5 Å². The zero-order valence-corrected chi connectivity index (χ0v) is 12.6. The minimum Gasteiger partial charge on any atom is -0.432 e. The summed E-state index contributed by atoms with van der Waals surface area (Å²) in [6.45, 7) is 3.16. The van der Waals surface area contributed by atoms with E-state index in [1.54, 1.807) is 12.1 Å². The monoisotopic (exact) mass is 297 g/mol. The van der Waals surface area contributed by atoms with Crippen molar-refractivity contribution in [3.8, 4) is 5.75 Å². The van der Waals surface area contributed by atoms with E-state index in [0.29, 0.717) is 24.9 Å². The zero-order valence-electron chi connectivity index (χ0n) is 12.6. The first-order valence-electron chi connectivity index (χ1n) is 7.48. The van der Waals surface area contributed by atoms with Crippen molar-refractivity contribution >= 4 is 11.8 Å². The molecule has 3 rings (SSSR count). The molecule has 1 unspecified atom stereocenters. The van der Waals surface area contributed by atoms with Crippen LogP contribution in [-0.4, -0.2) is 25.3 Å². The van der Waals surface area contributed by atoms with Gasteiger partial charge in [0.15, 0.2) is 0 Å². The van der Waals surface area contributed by atoms with Gasteiger partial charge >= 0.3 is 6.16 Å². The van der Waals surface area contributed by atoms with E-state index >= 15 is 0 Å². The summed E-state index contributed by atoms with van der Waals surface area (Å²) in [5.41, 5.74) is 2.58. The van der Waals surface area contributed by atoms with Crippen molar-refractivity contribution < 1.29 is 14.3 Å². The highest BCUT2D eigenvalue weighted by Crippen LogP contribution is 2.31. The van der Waals surface area contributed by atoms with Gasteiger partial charge in [-0.2, -0.15) is 0 Å². The number of hydrogen-bond acceptors (Lipinski definition) is 4. The fraction of sp³-hybridized carbons (Fsp3) is 0.278. The number of para-hydroxylation sites is 2. The summed E-state index contributed by atoms with van der Waals surface area (Å²) in [6, 6.07) is 17.7. The first-order chi connectivity index (χ1) is 10.7. The van der Waals surface area contributed by atoms with E-state index in [0.717, 1.165) is 6.42 Å². The summed E-state index contributed by atoms with van der Waals surface area (Å²) in [7, 11) is 0. The van der Waals surface area contributed by atoms with Crippen molar-refractivity contribution in [1.82, 2.24) is 0 Å². The lowest BCUT2D eigenvalue weighted by molar-refractivity contribution is 0.101. The Balaban J connectivity index is 1.50. The molecule has 1 atom stereocenters. The Morgan fingerprint density at radius 2 is 1.86 bits per heavy atom. The molecule has 0 spiro atoms. The van der Waals surface area contributed by atoms with E-state index in [-0.39, 0.29) is 0 Å². The van der Waals surface area contributed by atoms with E-state index < -0.39 is 6.16 Å². The van der Waals surface area contributed by atoms with Crippen LogP contribution in [0.2, 0.25) is 0 Å². The van der Waals surface area contributed by atoms with Crippen LogP contribution in [0, 0.1) is 0 Å². The summed E-state index contributed by atoms with van der Waals surface area (Å²) in [6.07, 6.45) is 0.372. The summed E-state index contributed by atoms with van der Waals surface area (Å²) in [5, 5.41) is 0. The van der Waals surface area contributed by atoms with Gasteiger partial charge in [-0.05, 0) is 37.1 Å². The fourth-order valence-corrected chi connectivity index (χ4v) is 2.81. The van der Waals surface area contributed by atoms with Gasteiger partial charge in [0.1, 0.15) is 12.4 Å². The lowest BCUT2D eigenvalue weighted by Crippen LogP contribution is -2.33. The van der Waals surface area contributed by atoms with Gasteiger partial charge in [-0.1, -0.05) is 36.4 Å². The number of hydrogen-bond donors (Lipinski definition) is 0. The fourth-order valence-electron chi connectivity index (χ4n) is 2.81. The Kier molecular flexibility index (Phi) is 4.28. The Hall–Kier alpha value is -2.49. The van der Waals surface area contributed by atoms with Crippen LogP contribution in [0.25, 0.3) is 0 Å². The molecule has 1 aliphatic rings. The number of nitrogens with zero attached hydrogens (tertiary/aromatic N) is 1. The average molecular weight is 297 g/mol. The molecule has 0 saturated carbocycles. The van der Waals surface area contributed by atoms with Gasteiger partial charge in [0, 0.05) is 11.7 Å². The lowest BCUT2D eigenvalue weighted by atomic mass is 10.1. The van der Waals surface area contributed by atoms with Crippen LogP contribution in [-0.2, 0) is 11.2 Å². The molecule has 0 amide bonds. The molecule has 0 bridgehead atoms. The molecule has 0 N–H and O–H groups in total. The second kappa shape index (κ2) is 6.52. The largest absolute Gasteiger partial charge is 0.513 e. The smallest absolute Gasteiger partial charge is 0.432 e. The van der Waals surface area contributed by atoms with Crippen LogP contribution in [0.3, 0.4) is 0 Å². The van der Waals surface area contributed by atoms with E-state index in [4.69, 9.17) is 9.47 Å². The molecule has 4 heteroatoms. The molecule has 114 valence electrons. The number of benzene rings is 2. The molecule has 22 heavy (non-hydrogen) atoms. The molecule has 2 aromatic rings. The number of ether oxygens (including phenoxy) is 2. The van der Waals surface area contributed by atoms with Crippen LogP contribution in [0.1, 0.15) is 12.5 Å². The number of carbonyl (C=O) groups is 1. The van der Waals surface area contributed by atoms with Crippen LogP contribution in [0.15, 0.2) is 54.6 Å². The molecule has 1 aliphatic heterocycles. The first kappa shape index (κ1) is 14.4. The van der Waals surface area contributed by atoms with Crippen LogP contribution in [0.5, 0.6) is 5.75 Å². The maximum atomic E-state index is 11.7. The van der Waals surface area contributed by atoms with Gasteiger partial charge < -0.3 is 14.4 Å². The summed E-state index contributed by atoms with van der Waals surface area (Å²) in [4.78, 5) is 13.9. The standard InChI is InChI=1S/C18H19NO3/c1-14-13-15-7-5-6-10-17(15)19(14)11-12-21-18(20)22-16-8-3-2-4-9-16/h2-10,14H,11-13H2,1H3. The van der Waals surface area contributed by atoms with E-state index in [1.807, 2.05) is 24.3 Å². The zero-order chi connectivity index (χ0) is 15.4. The average Bonchev–Trinajstić information content (AvgIpc) is 2.84. The molecule has 0 radical (unpaired) electrons. The van der Waals surface area contributed by atoms with Crippen LogP contribution < -0.4 is 9.64 Å². The van der Waals surface area contributed by atoms with E-state index in [9.17, 15) is 4.79 Å². The number of fused-ring (bicyclic) bond motifs is 1. The van der Waals surface area contributed by atoms with Crippen molar-refractivity contribution in [2.75, 3.05) is 18.1 Å². The lowest BCUT2D eigenvalue weighted by Gasteiger charge is -2.24. The van der Waals surface area contributed by atoms with Crippen molar-refractivity contribution in [2.45, 2.75) is 19.4 Å². The molecule has 0 saturated heterocycles. The highest BCUT2D eigenvalue weighted by Gasteiger charge is 2.25. The van der Waals surface area contributed by atoms with Crippen LogP contribution >= 0.6 is 0 Å². The molecule has 2 aromatic carbocycles. The number of carbonyl (C=O) groups excluding carboxylic acids is 1. The normalized spacial score (nSPS) is 16.2. The number of anilines is 1. The number of rotatable bonds is 4. The molecule has 1 heterocycles. The molecular weight excluding hydrogens is 278 g/mol. The predicted molar refractivity (Wildman–Crippen MR) is 85.4 cm³/mol. The van der Waals surface area contributed by atoms with Gasteiger partial charge in [-0.3, -0.25) is 0 Å². The second-order valence-electron chi connectivity index (χ2n) is 5.39. The van der Waals surface area contributed by atoms with Crippen molar-refractivity contribution in [1.29, 1.82) is 0 Å². The summed E-state index contributed by atoms with van der Waals surface area (Å²) < 4.78 is 10.3. The third kappa shape index (κ3) is 3.22. The van der Waals surface area contributed by atoms with Gasteiger partial charge in [0.2, 0.25) is 0 Å². The third-order valence-electron chi connectivity index (χ3n) is 3.84. The molecular formula is C18H19NO3. The first-order valence-corrected chi connectivity index (χ1v) is 7.48. The quantitative estimate of drug-likeness (QED) is 0.638. The second-order valence-corrected chi connectivity index (χ2v) is 5.39. The molecule has 0 fully saturated rings. The third-order valence-corrected chi connectivity index (χ3v) is 3.84. The Bertz CT molecular complexity index is 642. The Morgan fingerprint density at radius 1 is 1.14 bits per heavy atom. The topological polar surface area (TPSA) is 38.8 Å². The van der Waals surface area contributed by atoms with Gasteiger partial charge in [-0.25, -0.2) is 4.79 Å². The Labute approximate surface area is 130 Å². The minimum atomic E-state index is -0.661.